The van der Waals surface area contributed by atoms with Gasteiger partial charge in [0.2, 0.25) is 0 Å². The standard InChI is InChI=1S/C15H17N3O2/c1-18(2)9-4-5-11-14(6-9)20-15-7-10(16)13(19-3)8-12(15)17-11/h4-8,15H,16H2,1-3H3. The van der Waals surface area contributed by atoms with Crippen LogP contribution in [0.3, 0.4) is 0 Å². The molecule has 1 aromatic carbocycles. The Hall–Kier alpha value is -2.43. The molecule has 0 saturated heterocycles. The molecule has 1 aliphatic carbocycles. The van der Waals surface area contributed by atoms with Crippen molar-refractivity contribution in [3.05, 3.63) is 41.8 Å². The lowest BCUT2D eigenvalue weighted by Crippen LogP contribution is -2.31. The van der Waals surface area contributed by atoms with Crippen molar-refractivity contribution < 1.29 is 9.47 Å². The summed E-state index contributed by atoms with van der Waals surface area (Å²) in [7, 11) is 5.57. The number of benzene rings is 1. The van der Waals surface area contributed by atoms with E-state index in [1.54, 1.807) is 7.11 Å². The summed E-state index contributed by atoms with van der Waals surface area (Å²) in [6.45, 7) is 0. The molecular formula is C15H17N3O2. The first-order valence-electron chi connectivity index (χ1n) is 6.38. The third kappa shape index (κ3) is 2.01. The van der Waals surface area contributed by atoms with Crippen LogP contribution in [0.2, 0.25) is 0 Å². The van der Waals surface area contributed by atoms with Crippen LogP contribution in [-0.2, 0) is 4.74 Å². The van der Waals surface area contributed by atoms with E-state index >= 15 is 0 Å². The van der Waals surface area contributed by atoms with E-state index < -0.39 is 0 Å². The Bertz CT molecular complexity index is 645. The molecule has 20 heavy (non-hydrogen) atoms. The van der Waals surface area contributed by atoms with Crippen LogP contribution in [0.15, 0.2) is 46.8 Å². The molecule has 1 aromatic rings. The van der Waals surface area contributed by atoms with Crippen LogP contribution < -0.4 is 15.4 Å². The van der Waals surface area contributed by atoms with Crippen LogP contribution in [0, 0.1) is 0 Å². The molecule has 0 bridgehead atoms. The molecule has 0 fully saturated rings. The highest BCUT2D eigenvalue weighted by atomic mass is 16.5. The highest BCUT2D eigenvalue weighted by molar-refractivity contribution is 6.05. The predicted octanol–water partition coefficient (Wildman–Crippen LogP) is 1.97. The lowest BCUT2D eigenvalue weighted by atomic mass is 10.0. The van der Waals surface area contributed by atoms with E-state index in [1.807, 2.05) is 49.3 Å². The Kier molecular flexibility index (Phi) is 2.89. The van der Waals surface area contributed by atoms with E-state index in [4.69, 9.17) is 15.2 Å². The van der Waals surface area contributed by atoms with Crippen molar-refractivity contribution in [1.82, 2.24) is 0 Å². The summed E-state index contributed by atoms with van der Waals surface area (Å²) in [6, 6.07) is 5.95. The third-order valence-electron chi connectivity index (χ3n) is 3.37. The van der Waals surface area contributed by atoms with E-state index in [9.17, 15) is 0 Å². The topological polar surface area (TPSA) is 60.1 Å². The van der Waals surface area contributed by atoms with Crippen LogP contribution in [0.1, 0.15) is 0 Å². The highest BCUT2D eigenvalue weighted by Crippen LogP contribution is 2.37. The van der Waals surface area contributed by atoms with Crippen LogP contribution in [0.4, 0.5) is 11.4 Å². The van der Waals surface area contributed by atoms with E-state index in [2.05, 4.69) is 4.99 Å². The molecule has 2 N–H and O–H groups in total. The molecule has 5 nitrogen and oxygen atoms in total. The second-order valence-electron chi connectivity index (χ2n) is 4.96. The zero-order valence-corrected chi connectivity index (χ0v) is 11.8. The first kappa shape index (κ1) is 12.6. The summed E-state index contributed by atoms with van der Waals surface area (Å²) >= 11 is 0. The summed E-state index contributed by atoms with van der Waals surface area (Å²) in [4.78, 5) is 6.64. The smallest absolute Gasteiger partial charge is 0.161 e. The fraction of sp³-hybridized carbons (Fsp3) is 0.267. The van der Waals surface area contributed by atoms with Gasteiger partial charge in [0.25, 0.3) is 0 Å². The second kappa shape index (κ2) is 4.59. The molecule has 1 unspecified atom stereocenters. The number of hydrogen-bond donors (Lipinski definition) is 1. The number of hydrogen-bond acceptors (Lipinski definition) is 5. The number of aliphatic imine (C=N–C) groups is 1. The van der Waals surface area contributed by atoms with E-state index in [1.165, 1.54) is 0 Å². The van der Waals surface area contributed by atoms with Gasteiger partial charge in [-0.25, -0.2) is 4.99 Å². The molecule has 104 valence electrons. The van der Waals surface area contributed by atoms with Gasteiger partial charge in [0.05, 0.1) is 18.5 Å². The van der Waals surface area contributed by atoms with E-state index in [0.717, 1.165) is 22.8 Å². The second-order valence-corrected chi connectivity index (χ2v) is 4.96. The van der Waals surface area contributed by atoms with Gasteiger partial charge in [-0.1, -0.05) is 0 Å². The number of nitrogens with zero attached hydrogens (tertiary/aromatic N) is 2. The highest BCUT2D eigenvalue weighted by Gasteiger charge is 2.26. The van der Waals surface area contributed by atoms with Crippen molar-refractivity contribution in [2.45, 2.75) is 6.10 Å². The molecule has 1 aliphatic heterocycles. The average Bonchev–Trinajstić information content (AvgIpc) is 2.43. The Labute approximate surface area is 118 Å². The molecule has 0 amide bonds. The minimum Gasteiger partial charge on any atom is -0.495 e. The van der Waals surface area contributed by atoms with Gasteiger partial charge in [0.1, 0.15) is 17.2 Å². The zero-order valence-electron chi connectivity index (χ0n) is 11.8. The number of methoxy groups -OCH3 is 1. The largest absolute Gasteiger partial charge is 0.495 e. The van der Waals surface area contributed by atoms with Gasteiger partial charge in [-0.05, 0) is 18.2 Å². The molecule has 3 rings (SSSR count). The summed E-state index contributed by atoms with van der Waals surface area (Å²) in [5, 5.41) is 0. The average molecular weight is 271 g/mol. The molecule has 0 radical (unpaired) electrons. The van der Waals surface area contributed by atoms with Crippen LogP contribution in [-0.4, -0.2) is 33.0 Å². The SMILES string of the molecule is COC1=CC2=Nc3ccc(N(C)C)cc3OC2C=C1N. The molecular weight excluding hydrogens is 254 g/mol. The van der Waals surface area contributed by atoms with E-state index in [0.29, 0.717) is 11.5 Å². The number of anilines is 1. The predicted molar refractivity (Wildman–Crippen MR) is 79.6 cm³/mol. The number of ether oxygens (including phenoxy) is 2. The minimum atomic E-state index is -0.251. The lowest BCUT2D eigenvalue weighted by Gasteiger charge is -2.27. The first-order chi connectivity index (χ1) is 9.58. The van der Waals surface area contributed by atoms with E-state index in [-0.39, 0.29) is 6.10 Å². The van der Waals surface area contributed by atoms with Crippen molar-refractivity contribution in [3.63, 3.8) is 0 Å². The van der Waals surface area contributed by atoms with Crippen LogP contribution in [0.5, 0.6) is 5.75 Å². The summed E-state index contributed by atoms with van der Waals surface area (Å²) in [5.74, 6) is 1.39. The summed E-state index contributed by atoms with van der Waals surface area (Å²) in [5.41, 5.74) is 9.19. The van der Waals surface area contributed by atoms with Gasteiger partial charge in [0.15, 0.2) is 6.10 Å². The van der Waals surface area contributed by atoms with Crippen LogP contribution >= 0.6 is 0 Å². The Balaban J connectivity index is 2.03. The quantitative estimate of drug-likeness (QED) is 0.893. The Morgan fingerprint density at radius 2 is 2.15 bits per heavy atom. The maximum atomic E-state index is 5.98. The van der Waals surface area contributed by atoms with Gasteiger partial charge in [-0.3, -0.25) is 0 Å². The third-order valence-corrected chi connectivity index (χ3v) is 3.37. The maximum absolute atomic E-state index is 5.98. The molecule has 1 atom stereocenters. The normalized spacial score (nSPS) is 19.8. The van der Waals surface area contributed by atoms with Crippen LogP contribution in [0.25, 0.3) is 0 Å². The number of nitrogens with two attached hydrogens (primary N) is 1. The maximum Gasteiger partial charge on any atom is 0.161 e. The molecule has 2 aliphatic rings. The molecule has 0 aromatic heterocycles. The van der Waals surface area contributed by atoms with Crippen molar-refractivity contribution >= 4 is 17.1 Å². The van der Waals surface area contributed by atoms with Crippen molar-refractivity contribution in [2.75, 3.05) is 26.1 Å². The van der Waals surface area contributed by atoms with Gasteiger partial charge in [-0.2, -0.15) is 0 Å². The van der Waals surface area contributed by atoms with Crippen molar-refractivity contribution in [3.8, 4) is 5.75 Å². The van der Waals surface area contributed by atoms with Crippen molar-refractivity contribution in [1.29, 1.82) is 0 Å². The lowest BCUT2D eigenvalue weighted by molar-refractivity contribution is 0.283. The Morgan fingerprint density at radius 1 is 1.35 bits per heavy atom. The minimum absolute atomic E-state index is 0.251. The Morgan fingerprint density at radius 3 is 2.85 bits per heavy atom. The number of rotatable bonds is 2. The molecule has 1 heterocycles. The zero-order chi connectivity index (χ0) is 14.3. The van der Waals surface area contributed by atoms with Crippen molar-refractivity contribution in [2.24, 2.45) is 10.7 Å². The first-order valence-corrected chi connectivity index (χ1v) is 6.38. The summed E-state index contributed by atoms with van der Waals surface area (Å²) < 4.78 is 11.2. The molecule has 0 spiro atoms. The fourth-order valence-corrected chi connectivity index (χ4v) is 2.24. The van der Waals surface area contributed by atoms with Gasteiger partial charge in [-0.15, -0.1) is 0 Å². The van der Waals surface area contributed by atoms with Gasteiger partial charge in [0, 0.05) is 31.9 Å². The van der Waals surface area contributed by atoms with Gasteiger partial charge < -0.3 is 20.1 Å². The fourth-order valence-electron chi connectivity index (χ4n) is 2.24. The van der Waals surface area contributed by atoms with Gasteiger partial charge >= 0.3 is 0 Å². The molecule has 5 heteroatoms. The molecule has 0 saturated carbocycles. The number of fused-ring (bicyclic) bond motifs is 2. The summed E-state index contributed by atoms with van der Waals surface area (Å²) in [6.07, 6.45) is 3.39. The monoisotopic (exact) mass is 271 g/mol.